The van der Waals surface area contributed by atoms with Crippen molar-refractivity contribution in [1.82, 2.24) is 15.1 Å². The molecule has 1 atom stereocenters. The first-order valence-electron chi connectivity index (χ1n) is 11.7. The number of nitrogens with zero attached hydrogens (tertiary/aromatic N) is 2. The van der Waals surface area contributed by atoms with Gasteiger partial charge < -0.3 is 25.0 Å². The number of hydrogen-bond acceptors (Lipinski definition) is 5. The van der Waals surface area contributed by atoms with Crippen molar-refractivity contribution in [3.63, 3.8) is 0 Å². The van der Waals surface area contributed by atoms with Gasteiger partial charge in [-0.3, -0.25) is 9.59 Å². The quantitative estimate of drug-likeness (QED) is 0.682. The van der Waals surface area contributed by atoms with Crippen molar-refractivity contribution in [3.05, 3.63) is 59.7 Å². The van der Waals surface area contributed by atoms with Gasteiger partial charge >= 0.3 is 12.1 Å². The van der Waals surface area contributed by atoms with E-state index in [1.165, 1.54) is 11.9 Å². The fourth-order valence-electron chi connectivity index (χ4n) is 5.29. The summed E-state index contributed by atoms with van der Waals surface area (Å²) in [5.74, 6) is -2.20. The molecule has 0 aromatic heterocycles. The van der Waals surface area contributed by atoms with Crippen LogP contribution in [0.1, 0.15) is 36.3 Å². The smallest absolute Gasteiger partial charge is 0.408 e. The van der Waals surface area contributed by atoms with Crippen molar-refractivity contribution < 1.29 is 29.0 Å². The Labute approximate surface area is 202 Å². The lowest BCUT2D eigenvalue weighted by Gasteiger charge is -2.46. The normalized spacial score (nSPS) is 20.5. The predicted octanol–water partition coefficient (Wildman–Crippen LogP) is 2.20. The maximum atomic E-state index is 13.4. The molecule has 2 N–H and O–H groups in total. The van der Waals surface area contributed by atoms with E-state index >= 15 is 0 Å². The summed E-state index contributed by atoms with van der Waals surface area (Å²) in [4.78, 5) is 52.6. The van der Waals surface area contributed by atoms with Crippen molar-refractivity contribution in [2.75, 3.05) is 26.7 Å². The molecule has 2 aromatic carbocycles. The molecule has 3 amide bonds. The summed E-state index contributed by atoms with van der Waals surface area (Å²) in [6.45, 7) is -0.323. The SMILES string of the molecule is CN1CC(C(=O)O)N(C(=O)C2(NC(=O)OCC3c4ccccc4-c4ccccc43)CCC2)CC1=O. The van der Waals surface area contributed by atoms with E-state index in [1.807, 2.05) is 48.5 Å². The molecular weight excluding hydrogens is 450 g/mol. The fourth-order valence-corrected chi connectivity index (χ4v) is 5.29. The van der Waals surface area contributed by atoms with Gasteiger partial charge in [-0.15, -0.1) is 0 Å². The van der Waals surface area contributed by atoms with Gasteiger partial charge in [-0.2, -0.15) is 0 Å². The van der Waals surface area contributed by atoms with E-state index in [2.05, 4.69) is 5.32 Å². The van der Waals surface area contributed by atoms with Gasteiger partial charge in [-0.25, -0.2) is 9.59 Å². The number of carboxylic acid groups (broad SMARTS) is 1. The number of carbonyl (C=O) groups excluding carboxylic acids is 3. The molecule has 3 aliphatic rings. The molecule has 182 valence electrons. The van der Waals surface area contributed by atoms with Crippen LogP contribution >= 0.6 is 0 Å². The summed E-state index contributed by atoms with van der Waals surface area (Å²) in [5.41, 5.74) is 3.13. The van der Waals surface area contributed by atoms with Crippen LogP contribution in [-0.2, 0) is 19.1 Å². The average molecular weight is 478 g/mol. The molecule has 35 heavy (non-hydrogen) atoms. The van der Waals surface area contributed by atoms with E-state index in [4.69, 9.17) is 4.74 Å². The van der Waals surface area contributed by atoms with Gasteiger partial charge in [0, 0.05) is 13.0 Å². The van der Waals surface area contributed by atoms with Crippen LogP contribution in [0.25, 0.3) is 11.1 Å². The van der Waals surface area contributed by atoms with E-state index in [9.17, 15) is 24.3 Å². The van der Waals surface area contributed by atoms with Crippen LogP contribution in [0.5, 0.6) is 0 Å². The number of hydrogen-bond donors (Lipinski definition) is 2. The molecule has 0 radical (unpaired) electrons. The molecule has 1 saturated heterocycles. The summed E-state index contributed by atoms with van der Waals surface area (Å²) in [6, 6.07) is 14.8. The predicted molar refractivity (Wildman–Crippen MR) is 126 cm³/mol. The molecule has 9 heteroatoms. The first-order chi connectivity index (χ1) is 16.8. The summed E-state index contributed by atoms with van der Waals surface area (Å²) in [6.07, 6.45) is 0.702. The fraction of sp³-hybridized carbons (Fsp3) is 0.385. The molecule has 2 fully saturated rings. The van der Waals surface area contributed by atoms with Gasteiger partial charge in [0.1, 0.15) is 24.7 Å². The molecule has 1 aliphatic heterocycles. The number of ether oxygens (including phenoxy) is 1. The van der Waals surface area contributed by atoms with Crippen LogP contribution in [0, 0.1) is 0 Å². The van der Waals surface area contributed by atoms with E-state index in [0.717, 1.165) is 27.2 Å². The van der Waals surface area contributed by atoms with Crippen molar-refractivity contribution in [2.45, 2.75) is 36.8 Å². The molecule has 5 rings (SSSR count). The number of fused-ring (bicyclic) bond motifs is 3. The number of carbonyl (C=O) groups is 4. The van der Waals surface area contributed by atoms with Crippen LogP contribution in [-0.4, -0.2) is 77.1 Å². The van der Waals surface area contributed by atoms with E-state index in [0.29, 0.717) is 19.3 Å². The van der Waals surface area contributed by atoms with Crippen LogP contribution in [0.3, 0.4) is 0 Å². The van der Waals surface area contributed by atoms with E-state index in [-0.39, 0.29) is 31.5 Å². The van der Waals surface area contributed by atoms with Gasteiger partial charge in [0.2, 0.25) is 11.8 Å². The Morgan fingerprint density at radius 2 is 1.66 bits per heavy atom. The number of nitrogens with one attached hydrogen (secondary N) is 1. The second kappa shape index (κ2) is 8.72. The molecular formula is C26H27N3O6. The first kappa shape index (κ1) is 22.9. The molecule has 1 unspecified atom stereocenters. The molecule has 1 heterocycles. The third-order valence-electron chi connectivity index (χ3n) is 7.40. The molecule has 0 spiro atoms. The number of aliphatic carboxylic acids is 1. The number of likely N-dealkylation sites (N-methyl/N-ethyl adjacent to an activating group) is 1. The van der Waals surface area contributed by atoms with Crippen LogP contribution < -0.4 is 5.32 Å². The highest BCUT2D eigenvalue weighted by Gasteiger charge is 2.52. The lowest BCUT2D eigenvalue weighted by atomic mass is 9.75. The third-order valence-corrected chi connectivity index (χ3v) is 7.40. The van der Waals surface area contributed by atoms with Crippen molar-refractivity contribution >= 4 is 23.9 Å². The number of piperazine rings is 1. The van der Waals surface area contributed by atoms with Gasteiger partial charge in [-0.1, -0.05) is 48.5 Å². The Kier molecular flexibility index (Phi) is 5.70. The highest BCUT2D eigenvalue weighted by Crippen LogP contribution is 2.44. The zero-order valence-corrected chi connectivity index (χ0v) is 19.4. The van der Waals surface area contributed by atoms with Crippen LogP contribution in [0.2, 0.25) is 0 Å². The Hall–Kier alpha value is -3.88. The summed E-state index contributed by atoms with van der Waals surface area (Å²) in [5, 5.41) is 12.3. The molecule has 0 bridgehead atoms. The highest BCUT2D eigenvalue weighted by atomic mass is 16.5. The van der Waals surface area contributed by atoms with Crippen LogP contribution in [0.15, 0.2) is 48.5 Å². The average Bonchev–Trinajstić information content (AvgIpc) is 3.14. The Bertz CT molecular complexity index is 1160. The Morgan fingerprint density at radius 3 is 2.20 bits per heavy atom. The monoisotopic (exact) mass is 477 g/mol. The van der Waals surface area contributed by atoms with Gasteiger partial charge in [0.05, 0.1) is 6.54 Å². The maximum absolute atomic E-state index is 13.4. The zero-order valence-electron chi connectivity index (χ0n) is 19.4. The number of carboxylic acids is 1. The Morgan fingerprint density at radius 1 is 1.06 bits per heavy atom. The third kappa shape index (κ3) is 3.90. The lowest BCUT2D eigenvalue weighted by Crippen LogP contribution is -2.69. The molecule has 2 aliphatic carbocycles. The topological polar surface area (TPSA) is 116 Å². The first-order valence-corrected chi connectivity index (χ1v) is 11.7. The zero-order chi connectivity index (χ0) is 24.7. The maximum Gasteiger partial charge on any atom is 0.408 e. The molecule has 1 saturated carbocycles. The minimum atomic E-state index is -1.26. The number of benzene rings is 2. The summed E-state index contributed by atoms with van der Waals surface area (Å²) < 4.78 is 5.61. The van der Waals surface area contributed by atoms with E-state index in [1.54, 1.807) is 0 Å². The second-order valence-corrected chi connectivity index (χ2v) is 9.45. The number of amides is 3. The minimum Gasteiger partial charge on any atom is -0.480 e. The minimum absolute atomic E-state index is 0.0963. The van der Waals surface area contributed by atoms with Crippen LogP contribution in [0.4, 0.5) is 4.79 Å². The molecule has 9 nitrogen and oxygen atoms in total. The summed E-state index contributed by atoms with van der Waals surface area (Å²) >= 11 is 0. The number of rotatable bonds is 5. The number of alkyl carbamates (subject to hydrolysis) is 1. The van der Waals surface area contributed by atoms with E-state index < -0.39 is 29.6 Å². The van der Waals surface area contributed by atoms with Gasteiger partial charge in [0.25, 0.3) is 0 Å². The summed E-state index contributed by atoms with van der Waals surface area (Å²) in [7, 11) is 1.51. The Balaban J connectivity index is 1.29. The highest BCUT2D eigenvalue weighted by molar-refractivity contribution is 5.97. The van der Waals surface area contributed by atoms with Gasteiger partial charge in [-0.05, 0) is 41.5 Å². The largest absolute Gasteiger partial charge is 0.480 e. The second-order valence-electron chi connectivity index (χ2n) is 9.45. The lowest BCUT2D eigenvalue weighted by molar-refractivity contribution is -0.163. The van der Waals surface area contributed by atoms with Gasteiger partial charge in [0.15, 0.2) is 0 Å². The van der Waals surface area contributed by atoms with Crippen molar-refractivity contribution in [2.24, 2.45) is 0 Å². The van der Waals surface area contributed by atoms with Crippen molar-refractivity contribution in [1.29, 1.82) is 0 Å². The standard InChI is InChI=1S/C26H27N3O6/c1-28-13-21(23(31)32)29(14-22(28)30)24(33)26(11-6-12-26)27-25(34)35-15-20-18-9-4-2-7-16(18)17-8-3-5-10-19(17)20/h2-5,7-10,20-21H,6,11-15H2,1H3,(H,27,34)(H,31,32). The van der Waals surface area contributed by atoms with Crippen molar-refractivity contribution in [3.8, 4) is 11.1 Å². The molecule has 2 aromatic rings.